The van der Waals surface area contributed by atoms with Gasteiger partial charge in [0.25, 0.3) is 0 Å². The number of hydrogen-bond acceptors (Lipinski definition) is 3. The zero-order valence-electron chi connectivity index (χ0n) is 16.1. The first-order valence-electron chi connectivity index (χ1n) is 9.34. The predicted octanol–water partition coefficient (Wildman–Crippen LogP) is 2.31. The van der Waals surface area contributed by atoms with Gasteiger partial charge in [0, 0.05) is 39.3 Å². The van der Waals surface area contributed by atoms with Crippen LogP contribution in [0.2, 0.25) is 0 Å². The minimum atomic E-state index is -4.14. The summed E-state index contributed by atoms with van der Waals surface area (Å²) in [6.07, 6.45) is -2.49. The molecule has 0 amide bonds. The summed E-state index contributed by atoms with van der Waals surface area (Å²) in [6.45, 7) is 2.62. The second-order valence-corrected chi connectivity index (χ2v) is 7.06. The van der Waals surface area contributed by atoms with Gasteiger partial charge < -0.3 is 15.5 Å². The lowest BCUT2D eigenvalue weighted by molar-refractivity contribution is -0.143. The maximum Gasteiger partial charge on any atom is 0.401 e. The summed E-state index contributed by atoms with van der Waals surface area (Å²) in [5, 5.41) is 6.48. The first kappa shape index (κ1) is 21.5. The highest BCUT2D eigenvalue weighted by Crippen LogP contribution is 2.19. The molecule has 0 aromatic heterocycles. The minimum absolute atomic E-state index is 0.000644. The molecule has 1 atom stereocenters. The fraction of sp³-hybridized carbons (Fsp3) is 0.632. The predicted molar refractivity (Wildman–Crippen MR) is 103 cm³/mol. The third-order valence-electron chi connectivity index (χ3n) is 4.54. The highest BCUT2D eigenvalue weighted by atomic mass is 19.4. The molecule has 1 unspecified atom stereocenters. The molecule has 152 valence electrons. The minimum Gasteiger partial charge on any atom is -0.356 e. The van der Waals surface area contributed by atoms with Crippen molar-refractivity contribution in [2.24, 2.45) is 4.99 Å². The quantitative estimate of drug-likeness (QED) is 0.410. The van der Waals surface area contributed by atoms with E-state index in [0.717, 1.165) is 26.1 Å². The zero-order valence-corrected chi connectivity index (χ0v) is 16.1. The standard InChI is InChI=1S/C19H30F3N5/c1-23-18(25-17-9-12-27(14-17)15-19(20,21)22)24-10-6-11-26(2)13-16-7-4-3-5-8-16/h3-5,7-8,17H,6,9-15H2,1-2H3,(H2,23,24,25). The Balaban J connectivity index is 1.62. The van der Waals surface area contributed by atoms with Crippen LogP contribution < -0.4 is 10.6 Å². The number of halogens is 3. The van der Waals surface area contributed by atoms with Crippen molar-refractivity contribution in [3.63, 3.8) is 0 Å². The molecule has 5 nitrogen and oxygen atoms in total. The molecule has 1 aromatic carbocycles. The van der Waals surface area contributed by atoms with Crippen molar-refractivity contribution >= 4 is 5.96 Å². The highest BCUT2D eigenvalue weighted by Gasteiger charge is 2.34. The molecule has 2 N–H and O–H groups in total. The molecule has 1 aliphatic rings. The summed E-state index contributed by atoms with van der Waals surface area (Å²) in [5.41, 5.74) is 1.29. The van der Waals surface area contributed by atoms with Gasteiger partial charge in [-0.25, -0.2) is 0 Å². The second kappa shape index (κ2) is 10.5. The van der Waals surface area contributed by atoms with Gasteiger partial charge in [-0.05, 0) is 32.0 Å². The van der Waals surface area contributed by atoms with E-state index >= 15 is 0 Å². The Kier molecular flexibility index (Phi) is 8.37. The van der Waals surface area contributed by atoms with Gasteiger partial charge in [0.2, 0.25) is 0 Å². The van der Waals surface area contributed by atoms with E-state index < -0.39 is 12.7 Å². The first-order valence-corrected chi connectivity index (χ1v) is 9.34. The number of nitrogens with zero attached hydrogens (tertiary/aromatic N) is 3. The maximum atomic E-state index is 12.5. The van der Waals surface area contributed by atoms with E-state index in [1.54, 1.807) is 7.05 Å². The van der Waals surface area contributed by atoms with Gasteiger partial charge in [0.1, 0.15) is 0 Å². The summed E-state index contributed by atoms with van der Waals surface area (Å²) < 4.78 is 37.4. The van der Waals surface area contributed by atoms with E-state index in [-0.39, 0.29) is 6.04 Å². The number of hydrogen-bond donors (Lipinski definition) is 2. The monoisotopic (exact) mass is 385 g/mol. The van der Waals surface area contributed by atoms with Gasteiger partial charge in [-0.1, -0.05) is 30.3 Å². The number of guanidine groups is 1. The lowest BCUT2D eigenvalue weighted by Crippen LogP contribution is -2.45. The molecule has 1 saturated heterocycles. The van der Waals surface area contributed by atoms with Crippen LogP contribution in [0.4, 0.5) is 13.2 Å². The number of alkyl halides is 3. The Morgan fingerprint density at radius 1 is 1.30 bits per heavy atom. The van der Waals surface area contributed by atoms with Crippen molar-refractivity contribution in [3.8, 4) is 0 Å². The molecule has 1 aromatic rings. The van der Waals surface area contributed by atoms with Gasteiger partial charge in [-0.2, -0.15) is 13.2 Å². The van der Waals surface area contributed by atoms with Crippen molar-refractivity contribution < 1.29 is 13.2 Å². The van der Waals surface area contributed by atoms with E-state index in [2.05, 4.69) is 39.7 Å². The molecular formula is C19H30F3N5. The van der Waals surface area contributed by atoms with Crippen LogP contribution in [0.3, 0.4) is 0 Å². The van der Waals surface area contributed by atoms with E-state index in [4.69, 9.17) is 0 Å². The van der Waals surface area contributed by atoms with Crippen LogP contribution in [-0.2, 0) is 6.54 Å². The number of rotatable bonds is 8. The molecule has 1 aliphatic heterocycles. The topological polar surface area (TPSA) is 42.9 Å². The molecule has 2 rings (SSSR count). The molecule has 8 heteroatoms. The van der Waals surface area contributed by atoms with Crippen LogP contribution in [0.15, 0.2) is 35.3 Å². The number of nitrogens with one attached hydrogen (secondary N) is 2. The molecule has 0 aliphatic carbocycles. The zero-order chi connectivity index (χ0) is 19.7. The average molecular weight is 385 g/mol. The van der Waals surface area contributed by atoms with Gasteiger partial charge in [-0.15, -0.1) is 0 Å². The van der Waals surface area contributed by atoms with Crippen LogP contribution in [0.1, 0.15) is 18.4 Å². The van der Waals surface area contributed by atoms with E-state index in [0.29, 0.717) is 25.5 Å². The second-order valence-electron chi connectivity index (χ2n) is 7.06. The normalized spacial score (nSPS) is 18.9. The lowest BCUT2D eigenvalue weighted by atomic mass is 10.2. The number of benzene rings is 1. The largest absolute Gasteiger partial charge is 0.401 e. The Hall–Kier alpha value is -1.80. The molecule has 0 spiro atoms. The Morgan fingerprint density at radius 3 is 2.70 bits per heavy atom. The third kappa shape index (κ3) is 8.62. The Morgan fingerprint density at radius 2 is 2.04 bits per heavy atom. The fourth-order valence-corrected chi connectivity index (χ4v) is 3.27. The van der Waals surface area contributed by atoms with Crippen LogP contribution in [0.5, 0.6) is 0 Å². The summed E-state index contributed by atoms with van der Waals surface area (Å²) in [7, 11) is 3.77. The van der Waals surface area contributed by atoms with Crippen molar-refractivity contribution in [1.29, 1.82) is 0 Å². The highest BCUT2D eigenvalue weighted by molar-refractivity contribution is 5.79. The van der Waals surface area contributed by atoms with E-state index in [1.807, 2.05) is 18.2 Å². The molecule has 27 heavy (non-hydrogen) atoms. The van der Waals surface area contributed by atoms with Crippen LogP contribution in [0.25, 0.3) is 0 Å². The SMILES string of the molecule is CN=C(NCCCN(C)Cc1ccccc1)NC1CCN(CC(F)(F)F)C1. The molecule has 1 fully saturated rings. The van der Waals surface area contributed by atoms with Gasteiger partial charge >= 0.3 is 6.18 Å². The molecular weight excluding hydrogens is 355 g/mol. The van der Waals surface area contributed by atoms with Crippen LogP contribution in [-0.4, -0.2) is 74.8 Å². The van der Waals surface area contributed by atoms with Gasteiger partial charge in [0.15, 0.2) is 5.96 Å². The van der Waals surface area contributed by atoms with Crippen molar-refractivity contribution in [2.45, 2.75) is 31.6 Å². The van der Waals surface area contributed by atoms with E-state index in [9.17, 15) is 13.2 Å². The first-order chi connectivity index (χ1) is 12.9. The van der Waals surface area contributed by atoms with Crippen molar-refractivity contribution in [3.05, 3.63) is 35.9 Å². The third-order valence-corrected chi connectivity index (χ3v) is 4.54. The molecule has 1 heterocycles. The number of likely N-dealkylation sites (tertiary alicyclic amines) is 1. The molecule has 0 radical (unpaired) electrons. The van der Waals surface area contributed by atoms with Crippen molar-refractivity contribution in [2.75, 3.05) is 46.8 Å². The van der Waals surface area contributed by atoms with Crippen molar-refractivity contribution in [1.82, 2.24) is 20.4 Å². The van der Waals surface area contributed by atoms with Crippen LogP contribution in [0, 0.1) is 0 Å². The Bertz CT molecular complexity index is 576. The molecule has 0 saturated carbocycles. The lowest BCUT2D eigenvalue weighted by Gasteiger charge is -2.20. The Labute approximate surface area is 159 Å². The maximum absolute atomic E-state index is 12.5. The number of aliphatic imine (C=N–C) groups is 1. The summed E-state index contributed by atoms with van der Waals surface area (Å²) in [6, 6.07) is 10.3. The molecule has 0 bridgehead atoms. The smallest absolute Gasteiger partial charge is 0.356 e. The fourth-order valence-electron chi connectivity index (χ4n) is 3.27. The van der Waals surface area contributed by atoms with Gasteiger partial charge in [0.05, 0.1) is 6.54 Å². The average Bonchev–Trinajstić information content (AvgIpc) is 3.03. The summed E-state index contributed by atoms with van der Waals surface area (Å²) >= 11 is 0. The summed E-state index contributed by atoms with van der Waals surface area (Å²) in [5.74, 6) is 0.652. The van der Waals surface area contributed by atoms with E-state index in [1.165, 1.54) is 10.5 Å². The summed E-state index contributed by atoms with van der Waals surface area (Å²) in [4.78, 5) is 7.87. The van der Waals surface area contributed by atoms with Crippen LogP contribution >= 0.6 is 0 Å². The van der Waals surface area contributed by atoms with Gasteiger partial charge in [-0.3, -0.25) is 9.89 Å².